The van der Waals surface area contributed by atoms with Crippen LogP contribution in [0.5, 0.6) is 0 Å². The van der Waals surface area contributed by atoms with E-state index in [1.54, 1.807) is 8.61 Å². The van der Waals surface area contributed by atoms with E-state index < -0.39 is 10.2 Å². The van der Waals surface area contributed by atoms with Crippen molar-refractivity contribution in [3.63, 3.8) is 0 Å². The highest BCUT2D eigenvalue weighted by molar-refractivity contribution is 7.86. The molecule has 2 unspecified atom stereocenters. The van der Waals surface area contributed by atoms with E-state index in [0.29, 0.717) is 57.8 Å². The van der Waals surface area contributed by atoms with Crippen LogP contribution in [0, 0.1) is 5.92 Å². The second kappa shape index (κ2) is 9.67. The predicted octanol–water partition coefficient (Wildman–Crippen LogP) is 1.42. The van der Waals surface area contributed by atoms with Gasteiger partial charge in [-0.05, 0) is 31.6 Å². The van der Waals surface area contributed by atoms with Crippen LogP contribution in [0.25, 0.3) is 0 Å². The lowest BCUT2D eigenvalue weighted by Gasteiger charge is -2.36. The summed E-state index contributed by atoms with van der Waals surface area (Å²) in [5, 5.41) is 3.20. The zero-order chi connectivity index (χ0) is 19.3. The second-order valence-electron chi connectivity index (χ2n) is 8.43. The van der Waals surface area contributed by atoms with E-state index in [2.05, 4.69) is 17.1 Å². The van der Waals surface area contributed by atoms with E-state index in [-0.39, 0.29) is 5.91 Å². The first-order chi connectivity index (χ1) is 13.0. The molecular formula is C19H36N4O3S. The number of rotatable bonds is 5. The molecule has 0 radical (unpaired) electrons. The molecule has 3 aliphatic rings. The number of hydrogen-bond acceptors (Lipinski definition) is 4. The van der Waals surface area contributed by atoms with Crippen molar-refractivity contribution in [2.45, 2.75) is 64.3 Å². The van der Waals surface area contributed by atoms with Crippen molar-refractivity contribution in [2.75, 3.05) is 45.8 Å². The van der Waals surface area contributed by atoms with Gasteiger partial charge in [0, 0.05) is 45.3 Å². The molecule has 0 spiro atoms. The Morgan fingerprint density at radius 3 is 2.07 bits per heavy atom. The van der Waals surface area contributed by atoms with Gasteiger partial charge in [0.1, 0.15) is 0 Å². The van der Waals surface area contributed by atoms with Crippen molar-refractivity contribution in [1.29, 1.82) is 0 Å². The van der Waals surface area contributed by atoms with Gasteiger partial charge in [0.15, 0.2) is 0 Å². The highest BCUT2D eigenvalue weighted by Gasteiger charge is 2.33. The van der Waals surface area contributed by atoms with Crippen LogP contribution in [0.4, 0.5) is 0 Å². The van der Waals surface area contributed by atoms with E-state index >= 15 is 0 Å². The maximum Gasteiger partial charge on any atom is 0.282 e. The third-order valence-corrected chi connectivity index (χ3v) is 8.41. The van der Waals surface area contributed by atoms with Gasteiger partial charge in [-0.3, -0.25) is 9.69 Å². The number of nitrogens with one attached hydrogen (secondary N) is 1. The molecule has 0 bridgehead atoms. The lowest BCUT2D eigenvalue weighted by Crippen LogP contribution is -2.55. The van der Waals surface area contributed by atoms with Crippen molar-refractivity contribution in [3.05, 3.63) is 0 Å². The number of carbonyl (C=O) groups excluding carboxylic acids is 1. The number of nitrogens with zero attached hydrogens (tertiary/aromatic N) is 3. The molecule has 156 valence electrons. The van der Waals surface area contributed by atoms with Crippen LogP contribution in [0.1, 0.15) is 58.3 Å². The molecule has 1 saturated carbocycles. The molecule has 2 atom stereocenters. The molecule has 27 heavy (non-hydrogen) atoms. The first-order valence-corrected chi connectivity index (χ1v) is 12.1. The number of piperazine rings is 1. The van der Waals surface area contributed by atoms with Crippen LogP contribution < -0.4 is 5.32 Å². The van der Waals surface area contributed by atoms with Crippen LogP contribution in [0.15, 0.2) is 0 Å². The Morgan fingerprint density at radius 2 is 1.44 bits per heavy atom. The third kappa shape index (κ3) is 5.65. The number of carbonyl (C=O) groups is 1. The third-order valence-electron chi connectivity index (χ3n) is 6.37. The summed E-state index contributed by atoms with van der Waals surface area (Å²) in [6.07, 6.45) is 8.89. The summed E-state index contributed by atoms with van der Waals surface area (Å²) in [7, 11) is -3.35. The minimum atomic E-state index is -3.35. The van der Waals surface area contributed by atoms with Crippen LogP contribution in [0.3, 0.4) is 0 Å². The Kier molecular flexibility index (Phi) is 7.53. The average Bonchev–Trinajstić information content (AvgIpc) is 2.94. The van der Waals surface area contributed by atoms with Gasteiger partial charge in [0.2, 0.25) is 5.91 Å². The highest BCUT2D eigenvalue weighted by Crippen LogP contribution is 2.23. The molecule has 1 N–H and O–H groups in total. The summed E-state index contributed by atoms with van der Waals surface area (Å²) in [6, 6.07) is 0.302. The molecule has 3 rings (SSSR count). The molecule has 7 nitrogen and oxygen atoms in total. The van der Waals surface area contributed by atoms with Crippen LogP contribution in [-0.4, -0.2) is 79.7 Å². The first kappa shape index (κ1) is 21.0. The molecule has 2 saturated heterocycles. The van der Waals surface area contributed by atoms with Crippen molar-refractivity contribution in [1.82, 2.24) is 18.8 Å². The topological polar surface area (TPSA) is 73.0 Å². The van der Waals surface area contributed by atoms with Crippen molar-refractivity contribution >= 4 is 16.1 Å². The van der Waals surface area contributed by atoms with Gasteiger partial charge in [0.25, 0.3) is 10.2 Å². The molecule has 8 heteroatoms. The lowest BCUT2D eigenvalue weighted by atomic mass is 9.86. The van der Waals surface area contributed by atoms with Crippen molar-refractivity contribution in [3.8, 4) is 0 Å². The summed E-state index contributed by atoms with van der Waals surface area (Å²) in [4.78, 5) is 14.5. The molecule has 2 aliphatic heterocycles. The largest absolute Gasteiger partial charge is 0.352 e. The monoisotopic (exact) mass is 400 g/mol. The molecule has 0 aromatic carbocycles. The van der Waals surface area contributed by atoms with E-state index in [9.17, 15) is 13.2 Å². The molecular weight excluding hydrogens is 364 g/mol. The average molecular weight is 401 g/mol. The Hall–Kier alpha value is -0.700. The maximum atomic E-state index is 12.9. The van der Waals surface area contributed by atoms with Crippen LogP contribution >= 0.6 is 0 Å². The molecule has 0 aromatic rings. The fourth-order valence-electron chi connectivity index (χ4n) is 4.54. The zero-order valence-electron chi connectivity index (χ0n) is 16.7. The lowest BCUT2D eigenvalue weighted by molar-refractivity contribution is -0.123. The number of amides is 1. The van der Waals surface area contributed by atoms with Crippen molar-refractivity contribution < 1.29 is 13.2 Å². The van der Waals surface area contributed by atoms with Gasteiger partial charge >= 0.3 is 0 Å². The molecule has 2 heterocycles. The summed E-state index contributed by atoms with van der Waals surface area (Å²) < 4.78 is 29.0. The van der Waals surface area contributed by atoms with Gasteiger partial charge in [0.05, 0.1) is 6.54 Å². The summed E-state index contributed by atoms with van der Waals surface area (Å²) in [5.41, 5.74) is 0. The Bertz CT molecular complexity index is 582. The van der Waals surface area contributed by atoms with Gasteiger partial charge in [-0.2, -0.15) is 17.0 Å². The van der Waals surface area contributed by atoms with Gasteiger partial charge in [-0.25, -0.2) is 0 Å². The Morgan fingerprint density at radius 1 is 0.852 bits per heavy atom. The molecule has 0 aromatic heterocycles. The minimum absolute atomic E-state index is 0.0811. The van der Waals surface area contributed by atoms with Crippen LogP contribution in [-0.2, 0) is 15.0 Å². The SMILES string of the molecule is CC1CCCCC1NC(=O)CN1CCN(S(=O)(=O)N2CCCCCC2)CC1. The summed E-state index contributed by atoms with van der Waals surface area (Å²) in [6.45, 7) is 6.09. The fraction of sp³-hybridized carbons (Fsp3) is 0.947. The first-order valence-electron chi connectivity index (χ1n) is 10.7. The smallest absolute Gasteiger partial charge is 0.282 e. The van der Waals surface area contributed by atoms with Gasteiger partial charge in [-0.1, -0.05) is 32.6 Å². The Labute approximate surface area is 164 Å². The van der Waals surface area contributed by atoms with E-state index in [4.69, 9.17) is 0 Å². The van der Waals surface area contributed by atoms with E-state index in [0.717, 1.165) is 32.1 Å². The molecule has 3 fully saturated rings. The normalized spacial score (nSPS) is 30.0. The zero-order valence-corrected chi connectivity index (χ0v) is 17.6. The Balaban J connectivity index is 1.44. The minimum Gasteiger partial charge on any atom is -0.352 e. The summed E-state index contributed by atoms with van der Waals surface area (Å²) >= 11 is 0. The van der Waals surface area contributed by atoms with Crippen molar-refractivity contribution in [2.24, 2.45) is 5.92 Å². The fourth-order valence-corrected chi connectivity index (χ4v) is 6.21. The summed E-state index contributed by atoms with van der Waals surface area (Å²) in [5.74, 6) is 0.635. The predicted molar refractivity (Wildman–Crippen MR) is 107 cm³/mol. The number of hydrogen-bond donors (Lipinski definition) is 1. The second-order valence-corrected chi connectivity index (χ2v) is 10.4. The van der Waals surface area contributed by atoms with E-state index in [1.165, 1.54) is 19.3 Å². The van der Waals surface area contributed by atoms with Crippen LogP contribution in [0.2, 0.25) is 0 Å². The maximum absolute atomic E-state index is 12.9. The highest BCUT2D eigenvalue weighted by atomic mass is 32.2. The quantitative estimate of drug-likeness (QED) is 0.758. The van der Waals surface area contributed by atoms with E-state index in [1.807, 2.05) is 0 Å². The van der Waals surface area contributed by atoms with Gasteiger partial charge < -0.3 is 5.32 Å². The van der Waals surface area contributed by atoms with Gasteiger partial charge in [-0.15, -0.1) is 0 Å². The standard InChI is InChI=1S/C19H36N4O3S/c1-17-8-4-5-9-18(17)20-19(24)16-21-12-14-23(15-13-21)27(25,26)22-10-6-2-3-7-11-22/h17-18H,2-16H2,1H3,(H,20,24). The molecule has 1 amide bonds. The molecule has 1 aliphatic carbocycles.